The largest absolute Gasteiger partial charge is 0.458 e. The first kappa shape index (κ1) is 13.6. The summed E-state index contributed by atoms with van der Waals surface area (Å²) in [6, 6.07) is 9.91. The van der Waals surface area contributed by atoms with E-state index in [1.165, 1.54) is 10.8 Å². The number of ether oxygens (including phenoxy) is 1. The third-order valence-electron chi connectivity index (χ3n) is 3.12. The molecular weight excluding hydrogens is 248 g/mol. The molecule has 0 heterocycles. The topological polar surface area (TPSA) is 9.23 Å². The van der Waals surface area contributed by atoms with Gasteiger partial charge in [0, 0.05) is 0 Å². The molecule has 1 aromatic rings. The molecule has 0 saturated carbocycles. The molecule has 0 fully saturated rings. The SMILES string of the molecule is C=CC(Oc1ccccc1)=C(C1=CC=CC1)[SiH](C)C. The van der Waals surface area contributed by atoms with Crippen molar-refractivity contribution in [1.29, 1.82) is 0 Å². The van der Waals surface area contributed by atoms with Gasteiger partial charge in [-0.15, -0.1) is 0 Å². The van der Waals surface area contributed by atoms with Crippen molar-refractivity contribution in [2.24, 2.45) is 0 Å². The molecule has 1 aliphatic carbocycles. The lowest BCUT2D eigenvalue weighted by molar-refractivity contribution is 0.442. The van der Waals surface area contributed by atoms with Gasteiger partial charge in [0.1, 0.15) is 11.5 Å². The van der Waals surface area contributed by atoms with Crippen LogP contribution in [0.3, 0.4) is 0 Å². The van der Waals surface area contributed by atoms with E-state index in [-0.39, 0.29) is 0 Å². The minimum absolute atomic E-state index is 0.871. The predicted molar refractivity (Wildman–Crippen MR) is 85.0 cm³/mol. The molecule has 0 amide bonds. The molecule has 1 nitrogen and oxygen atoms in total. The third-order valence-corrected chi connectivity index (χ3v) is 4.93. The average Bonchev–Trinajstić information content (AvgIpc) is 2.92. The van der Waals surface area contributed by atoms with Crippen molar-refractivity contribution in [2.75, 3.05) is 0 Å². The molecule has 0 saturated heterocycles. The molecule has 0 radical (unpaired) electrons. The first-order valence-electron chi connectivity index (χ1n) is 6.68. The number of benzene rings is 1. The van der Waals surface area contributed by atoms with Crippen molar-refractivity contribution in [3.63, 3.8) is 0 Å². The fourth-order valence-electron chi connectivity index (χ4n) is 2.28. The van der Waals surface area contributed by atoms with Gasteiger partial charge in [0.05, 0.1) is 8.80 Å². The van der Waals surface area contributed by atoms with Crippen LogP contribution >= 0.6 is 0 Å². The first-order valence-corrected chi connectivity index (χ1v) is 9.56. The Labute approximate surface area is 117 Å². The van der Waals surface area contributed by atoms with Crippen molar-refractivity contribution in [3.8, 4) is 5.75 Å². The minimum Gasteiger partial charge on any atom is -0.458 e. The summed E-state index contributed by atoms with van der Waals surface area (Å²) in [6.45, 7) is 8.58. The Hall–Kier alpha value is -1.80. The standard InChI is InChI=1S/C17H20OSi/c1-4-16(18-15-12-6-5-7-13-15)17(19(2)3)14-10-8-9-11-14/h4-10,12-13,19H,1,11H2,2-3H3. The maximum atomic E-state index is 6.03. The summed E-state index contributed by atoms with van der Waals surface area (Å²) in [6.07, 6.45) is 9.36. The van der Waals surface area contributed by atoms with E-state index in [1.54, 1.807) is 0 Å². The Morgan fingerprint density at radius 1 is 1.26 bits per heavy atom. The van der Waals surface area contributed by atoms with Crippen molar-refractivity contribution in [2.45, 2.75) is 19.5 Å². The fourth-order valence-corrected chi connectivity index (χ4v) is 3.98. The Balaban J connectivity index is 2.34. The second-order valence-corrected chi connectivity index (χ2v) is 7.76. The van der Waals surface area contributed by atoms with Gasteiger partial charge < -0.3 is 4.74 Å². The van der Waals surface area contributed by atoms with Crippen LogP contribution in [0.15, 0.2) is 77.7 Å². The van der Waals surface area contributed by atoms with Crippen LogP contribution in [0.25, 0.3) is 0 Å². The minimum atomic E-state index is -0.980. The molecular formula is C17H20OSi. The third kappa shape index (κ3) is 3.35. The molecule has 0 bridgehead atoms. The van der Waals surface area contributed by atoms with E-state index in [4.69, 9.17) is 4.74 Å². The van der Waals surface area contributed by atoms with Gasteiger partial charge in [-0.1, -0.05) is 56.1 Å². The number of hydrogen-bond donors (Lipinski definition) is 0. The molecule has 0 spiro atoms. The van der Waals surface area contributed by atoms with Gasteiger partial charge >= 0.3 is 0 Å². The molecule has 0 aliphatic heterocycles. The van der Waals surface area contributed by atoms with E-state index in [9.17, 15) is 0 Å². The van der Waals surface area contributed by atoms with E-state index in [2.05, 4.69) is 37.9 Å². The number of rotatable bonds is 5. The lowest BCUT2D eigenvalue weighted by Crippen LogP contribution is -2.13. The van der Waals surface area contributed by atoms with Crippen LogP contribution in [0.2, 0.25) is 13.1 Å². The summed E-state index contributed by atoms with van der Waals surface area (Å²) in [5.41, 5.74) is 1.38. The average molecular weight is 268 g/mol. The van der Waals surface area contributed by atoms with E-state index in [0.29, 0.717) is 0 Å². The summed E-state index contributed by atoms with van der Waals surface area (Å²) >= 11 is 0. The maximum Gasteiger partial charge on any atom is 0.127 e. The van der Waals surface area contributed by atoms with E-state index in [0.717, 1.165) is 17.9 Å². The first-order chi connectivity index (χ1) is 9.22. The van der Waals surface area contributed by atoms with Crippen LogP contribution in [0.1, 0.15) is 6.42 Å². The molecule has 2 rings (SSSR count). The number of hydrogen-bond acceptors (Lipinski definition) is 1. The van der Waals surface area contributed by atoms with Crippen molar-refractivity contribution in [1.82, 2.24) is 0 Å². The summed E-state index contributed by atoms with van der Waals surface area (Å²) < 4.78 is 6.03. The summed E-state index contributed by atoms with van der Waals surface area (Å²) in [7, 11) is -0.980. The molecule has 98 valence electrons. The normalized spacial score (nSPS) is 15.2. The molecule has 0 N–H and O–H groups in total. The molecule has 0 atom stereocenters. The summed E-state index contributed by atoms with van der Waals surface area (Å²) in [5, 5.41) is 1.38. The zero-order valence-electron chi connectivity index (χ0n) is 11.6. The summed E-state index contributed by atoms with van der Waals surface area (Å²) in [4.78, 5) is 0. The summed E-state index contributed by atoms with van der Waals surface area (Å²) in [5.74, 6) is 1.79. The van der Waals surface area contributed by atoms with Gasteiger partial charge in [0.2, 0.25) is 0 Å². The highest BCUT2D eigenvalue weighted by Gasteiger charge is 2.17. The number of para-hydroxylation sites is 1. The lowest BCUT2D eigenvalue weighted by Gasteiger charge is -2.17. The van der Waals surface area contributed by atoms with E-state index < -0.39 is 8.80 Å². The highest BCUT2D eigenvalue weighted by atomic mass is 28.3. The molecule has 1 aliphatic rings. The Bertz CT molecular complexity index is 536. The van der Waals surface area contributed by atoms with Crippen LogP contribution in [0.5, 0.6) is 5.75 Å². The fraction of sp³-hybridized carbons (Fsp3) is 0.176. The van der Waals surface area contributed by atoms with Gasteiger partial charge in [-0.2, -0.15) is 0 Å². The highest BCUT2D eigenvalue weighted by Crippen LogP contribution is 2.27. The van der Waals surface area contributed by atoms with Crippen LogP contribution in [0.4, 0.5) is 0 Å². The van der Waals surface area contributed by atoms with Crippen LogP contribution in [-0.4, -0.2) is 8.80 Å². The molecule has 2 heteroatoms. The van der Waals surface area contributed by atoms with Crippen LogP contribution < -0.4 is 4.74 Å². The lowest BCUT2D eigenvalue weighted by atomic mass is 10.2. The molecule has 0 unspecified atom stereocenters. The van der Waals surface area contributed by atoms with E-state index in [1.807, 2.05) is 36.4 Å². The molecule has 0 aromatic heterocycles. The zero-order valence-corrected chi connectivity index (χ0v) is 12.8. The van der Waals surface area contributed by atoms with Crippen LogP contribution in [-0.2, 0) is 0 Å². The van der Waals surface area contributed by atoms with Gasteiger partial charge in [-0.05, 0) is 35.4 Å². The number of allylic oxidation sites excluding steroid dienone is 6. The van der Waals surface area contributed by atoms with Gasteiger partial charge in [0.15, 0.2) is 0 Å². The van der Waals surface area contributed by atoms with Gasteiger partial charge in [0.25, 0.3) is 0 Å². The van der Waals surface area contributed by atoms with Crippen molar-refractivity contribution >= 4 is 8.80 Å². The van der Waals surface area contributed by atoms with Crippen molar-refractivity contribution < 1.29 is 4.74 Å². The van der Waals surface area contributed by atoms with Crippen LogP contribution in [0, 0.1) is 0 Å². The van der Waals surface area contributed by atoms with Gasteiger partial charge in [-0.3, -0.25) is 0 Å². The smallest absolute Gasteiger partial charge is 0.127 e. The van der Waals surface area contributed by atoms with Gasteiger partial charge in [-0.25, -0.2) is 0 Å². The van der Waals surface area contributed by atoms with E-state index >= 15 is 0 Å². The Kier molecular flexibility index (Phi) is 4.58. The second kappa shape index (κ2) is 6.39. The second-order valence-electron chi connectivity index (χ2n) is 4.88. The predicted octanol–water partition coefficient (Wildman–Crippen LogP) is 4.42. The zero-order chi connectivity index (χ0) is 13.7. The van der Waals surface area contributed by atoms with Crippen molar-refractivity contribution in [3.05, 3.63) is 77.7 Å². The highest BCUT2D eigenvalue weighted by molar-refractivity contribution is 6.65. The monoisotopic (exact) mass is 268 g/mol. The quantitative estimate of drug-likeness (QED) is 0.436. The molecule has 19 heavy (non-hydrogen) atoms. The Morgan fingerprint density at radius 3 is 2.53 bits per heavy atom. The maximum absolute atomic E-state index is 6.03. The molecule has 1 aromatic carbocycles. The Morgan fingerprint density at radius 2 is 2.00 bits per heavy atom.